The van der Waals surface area contributed by atoms with E-state index in [1.165, 1.54) is 11.0 Å². The Morgan fingerprint density at radius 3 is 2.28 bits per heavy atom. The van der Waals surface area contributed by atoms with E-state index in [4.69, 9.17) is 0 Å². The van der Waals surface area contributed by atoms with Crippen LogP contribution in [0.25, 0.3) is 5.57 Å². The second-order valence-electron chi connectivity index (χ2n) is 5.71. The number of amides is 1. The first-order valence-electron chi connectivity index (χ1n) is 7.75. The molecule has 0 radical (unpaired) electrons. The number of hydrogen-bond donors (Lipinski definition) is 5. The highest BCUT2D eigenvalue weighted by atomic mass is 19.1. The van der Waals surface area contributed by atoms with E-state index in [1.807, 2.05) is 6.07 Å². The maximum Gasteiger partial charge on any atom is 0.292 e. The van der Waals surface area contributed by atoms with Gasteiger partial charge >= 0.3 is 0 Å². The van der Waals surface area contributed by atoms with Crippen LogP contribution in [0.4, 0.5) is 4.39 Å². The molecule has 4 rings (SSSR count). The largest absolute Gasteiger partial charge is 0.503 e. The quantitative estimate of drug-likeness (QED) is 0.574. The molecule has 2 heterocycles. The number of rotatable bonds is 3. The summed E-state index contributed by atoms with van der Waals surface area (Å²) in [5.74, 6) is -1.44. The molecular weight excluding hydrogens is 325 g/mol. The summed E-state index contributed by atoms with van der Waals surface area (Å²) >= 11 is 0. The molecule has 0 saturated carbocycles. The zero-order valence-corrected chi connectivity index (χ0v) is 13.0. The number of benzene rings is 2. The average molecular weight is 341 g/mol. The van der Waals surface area contributed by atoms with Gasteiger partial charge in [-0.1, -0.05) is 48.5 Å². The van der Waals surface area contributed by atoms with Gasteiger partial charge in [0.25, 0.3) is 5.91 Å². The molecule has 1 saturated heterocycles. The molecule has 2 aliphatic rings. The van der Waals surface area contributed by atoms with E-state index in [9.17, 15) is 14.3 Å². The summed E-state index contributed by atoms with van der Waals surface area (Å²) in [5.41, 5.74) is 12.2. The Balaban J connectivity index is 1.88. The van der Waals surface area contributed by atoms with E-state index in [2.05, 4.69) is 21.9 Å². The topological polar surface area (TPSA) is 88.7 Å². The molecule has 0 aliphatic carbocycles. The summed E-state index contributed by atoms with van der Waals surface area (Å²) in [6.07, 6.45) is -0.680. The number of hydrazine groups is 3. The molecule has 8 heteroatoms. The van der Waals surface area contributed by atoms with Crippen molar-refractivity contribution >= 4 is 11.5 Å². The number of aliphatic hydroxyl groups is 1. The first kappa shape index (κ1) is 15.7. The van der Waals surface area contributed by atoms with Crippen LogP contribution in [0, 0.1) is 5.82 Å². The van der Waals surface area contributed by atoms with Crippen molar-refractivity contribution < 1.29 is 14.3 Å². The van der Waals surface area contributed by atoms with Gasteiger partial charge in [-0.2, -0.15) is 11.1 Å². The van der Waals surface area contributed by atoms with Gasteiger partial charge in [0.05, 0.1) is 6.04 Å². The Kier molecular flexibility index (Phi) is 3.94. The maximum atomic E-state index is 14.5. The van der Waals surface area contributed by atoms with E-state index >= 15 is 0 Å². The number of nitrogens with one attached hydrogen (secondary N) is 4. The summed E-state index contributed by atoms with van der Waals surface area (Å²) in [6, 6.07) is 14.4. The molecule has 0 spiro atoms. The lowest BCUT2D eigenvalue weighted by Gasteiger charge is -2.31. The van der Waals surface area contributed by atoms with Gasteiger partial charge in [-0.25, -0.2) is 15.2 Å². The minimum atomic E-state index is -0.789. The van der Waals surface area contributed by atoms with E-state index < -0.39 is 29.8 Å². The van der Waals surface area contributed by atoms with Crippen LogP contribution < -0.4 is 21.9 Å². The first-order chi connectivity index (χ1) is 12.2. The molecule has 7 nitrogen and oxygen atoms in total. The molecule has 2 aromatic carbocycles. The summed E-state index contributed by atoms with van der Waals surface area (Å²) in [5, 5.41) is 10.5. The van der Waals surface area contributed by atoms with E-state index in [1.54, 1.807) is 42.5 Å². The van der Waals surface area contributed by atoms with Crippen LogP contribution >= 0.6 is 0 Å². The van der Waals surface area contributed by atoms with Crippen molar-refractivity contribution in [3.8, 4) is 0 Å². The van der Waals surface area contributed by atoms with E-state index in [0.29, 0.717) is 16.7 Å². The number of hydrogen-bond acceptors (Lipinski definition) is 6. The van der Waals surface area contributed by atoms with Crippen molar-refractivity contribution in [2.75, 3.05) is 0 Å². The van der Waals surface area contributed by atoms with Gasteiger partial charge < -0.3 is 5.11 Å². The van der Waals surface area contributed by atoms with Crippen molar-refractivity contribution in [1.82, 2.24) is 26.8 Å². The molecule has 0 aromatic heterocycles. The summed E-state index contributed by atoms with van der Waals surface area (Å²) < 4.78 is 14.5. The zero-order chi connectivity index (χ0) is 17.4. The molecule has 25 heavy (non-hydrogen) atoms. The monoisotopic (exact) mass is 341 g/mol. The fourth-order valence-electron chi connectivity index (χ4n) is 3.19. The van der Waals surface area contributed by atoms with Crippen LogP contribution in [0.1, 0.15) is 17.2 Å². The highest BCUT2D eigenvalue weighted by Gasteiger charge is 2.46. The highest BCUT2D eigenvalue weighted by molar-refractivity contribution is 6.05. The van der Waals surface area contributed by atoms with Gasteiger partial charge in [-0.3, -0.25) is 9.69 Å². The zero-order valence-electron chi connectivity index (χ0n) is 13.0. The second kappa shape index (κ2) is 6.26. The molecule has 1 atom stereocenters. The fraction of sp³-hybridized carbons (Fsp3) is 0.118. The molecule has 2 aliphatic heterocycles. The van der Waals surface area contributed by atoms with Crippen LogP contribution in [0.15, 0.2) is 60.4 Å². The SMILES string of the molecule is O=C1C(O)=C(c2ccccc2)C(c2ccccc2F)N1C1NNNN1. The third-order valence-corrected chi connectivity index (χ3v) is 4.29. The van der Waals surface area contributed by atoms with Crippen molar-refractivity contribution in [2.45, 2.75) is 12.3 Å². The second-order valence-corrected chi connectivity index (χ2v) is 5.71. The fourth-order valence-corrected chi connectivity index (χ4v) is 3.19. The molecule has 2 aromatic rings. The van der Waals surface area contributed by atoms with Gasteiger partial charge in [0.1, 0.15) is 5.82 Å². The molecule has 5 N–H and O–H groups in total. The van der Waals surface area contributed by atoms with Gasteiger partial charge in [0, 0.05) is 11.1 Å². The Labute approximate surface area is 143 Å². The standard InChI is InChI=1S/C17H16FN5O2/c18-12-9-5-4-8-11(12)14-13(10-6-2-1-3-7-10)15(24)16(25)23(14)17-19-21-22-20-17/h1-9,14,17,19-22,24H. The molecular formula is C17H16FN5O2. The number of halogens is 1. The van der Waals surface area contributed by atoms with Crippen LogP contribution in [0.2, 0.25) is 0 Å². The smallest absolute Gasteiger partial charge is 0.292 e. The van der Waals surface area contributed by atoms with Gasteiger partial charge in [0.2, 0.25) is 0 Å². The Hall–Kier alpha value is -2.78. The highest BCUT2D eigenvalue weighted by Crippen LogP contribution is 2.44. The summed E-state index contributed by atoms with van der Waals surface area (Å²) in [7, 11) is 0. The summed E-state index contributed by atoms with van der Waals surface area (Å²) in [6.45, 7) is 0. The average Bonchev–Trinajstić information content (AvgIpc) is 3.24. The Bertz CT molecular complexity index is 836. The van der Waals surface area contributed by atoms with Gasteiger partial charge in [-0.15, -0.1) is 0 Å². The third-order valence-electron chi connectivity index (χ3n) is 4.29. The first-order valence-corrected chi connectivity index (χ1v) is 7.75. The normalized spacial score (nSPS) is 21.4. The number of nitrogens with zero attached hydrogens (tertiary/aromatic N) is 1. The van der Waals surface area contributed by atoms with Crippen LogP contribution in [-0.2, 0) is 4.79 Å². The Morgan fingerprint density at radius 1 is 0.960 bits per heavy atom. The van der Waals surface area contributed by atoms with Crippen LogP contribution in [0.3, 0.4) is 0 Å². The lowest BCUT2D eigenvalue weighted by Crippen LogP contribution is -2.52. The van der Waals surface area contributed by atoms with Crippen LogP contribution in [-0.4, -0.2) is 22.2 Å². The predicted octanol–water partition coefficient (Wildman–Crippen LogP) is 1.08. The molecule has 0 bridgehead atoms. The number of aliphatic hydroxyl groups excluding tert-OH is 1. The minimum Gasteiger partial charge on any atom is -0.503 e. The van der Waals surface area contributed by atoms with E-state index in [-0.39, 0.29) is 0 Å². The number of carbonyl (C=O) groups is 1. The molecule has 128 valence electrons. The van der Waals surface area contributed by atoms with Crippen LogP contribution in [0.5, 0.6) is 0 Å². The van der Waals surface area contributed by atoms with Crippen molar-refractivity contribution in [2.24, 2.45) is 0 Å². The van der Waals surface area contributed by atoms with Crippen molar-refractivity contribution in [3.63, 3.8) is 0 Å². The molecule has 1 unspecified atom stereocenters. The third kappa shape index (κ3) is 2.57. The van der Waals surface area contributed by atoms with Crippen molar-refractivity contribution in [1.29, 1.82) is 0 Å². The minimum absolute atomic E-state index is 0.300. The number of carbonyl (C=O) groups excluding carboxylic acids is 1. The molecule has 1 amide bonds. The van der Waals surface area contributed by atoms with Crippen molar-refractivity contribution in [3.05, 3.63) is 77.3 Å². The van der Waals surface area contributed by atoms with Gasteiger partial charge in [-0.05, 0) is 11.6 Å². The lowest BCUT2D eigenvalue weighted by atomic mass is 9.93. The van der Waals surface area contributed by atoms with E-state index in [0.717, 1.165) is 0 Å². The summed E-state index contributed by atoms with van der Waals surface area (Å²) in [4.78, 5) is 14.1. The predicted molar refractivity (Wildman–Crippen MR) is 88.3 cm³/mol. The Morgan fingerprint density at radius 2 is 1.60 bits per heavy atom. The molecule has 1 fully saturated rings. The van der Waals surface area contributed by atoms with Gasteiger partial charge in [0.15, 0.2) is 12.0 Å². The lowest BCUT2D eigenvalue weighted by molar-refractivity contribution is -0.132. The maximum absolute atomic E-state index is 14.5.